The molecule has 2 nitrogen and oxygen atoms in total. The molecule has 0 aliphatic carbocycles. The highest BCUT2D eigenvalue weighted by molar-refractivity contribution is 6.30. The number of anilines is 1. The van der Waals surface area contributed by atoms with Gasteiger partial charge in [-0.1, -0.05) is 35.9 Å². The highest BCUT2D eigenvalue weighted by Gasteiger charge is 2.20. The number of nitrogens with one attached hydrogen (secondary N) is 1. The lowest BCUT2D eigenvalue weighted by Crippen LogP contribution is -2.10. The van der Waals surface area contributed by atoms with Crippen molar-refractivity contribution in [1.29, 1.82) is 0 Å². The van der Waals surface area contributed by atoms with E-state index in [-0.39, 0.29) is 6.04 Å². The summed E-state index contributed by atoms with van der Waals surface area (Å²) in [5, 5.41) is 4.33. The Kier molecular flexibility index (Phi) is 3.83. The minimum atomic E-state index is 0.269. The van der Waals surface area contributed by atoms with Crippen LogP contribution in [0.15, 0.2) is 42.5 Å². The zero-order valence-corrected chi connectivity index (χ0v) is 12.3. The third kappa shape index (κ3) is 2.75. The SMILES string of the molecule is Cc1cccc2c1OCCCC2Nc1cccc(Cl)c1. The van der Waals surface area contributed by atoms with Crippen LogP contribution in [0.25, 0.3) is 0 Å². The van der Waals surface area contributed by atoms with Crippen LogP contribution >= 0.6 is 11.6 Å². The normalized spacial score (nSPS) is 17.8. The second-order valence-corrected chi connectivity index (χ2v) is 5.63. The Morgan fingerprint density at radius 3 is 2.90 bits per heavy atom. The van der Waals surface area contributed by atoms with E-state index < -0.39 is 0 Å². The third-order valence-electron chi connectivity index (χ3n) is 3.67. The molecule has 0 aromatic heterocycles. The van der Waals surface area contributed by atoms with E-state index in [1.165, 1.54) is 11.1 Å². The minimum Gasteiger partial charge on any atom is -0.493 e. The number of rotatable bonds is 2. The predicted molar refractivity (Wildman–Crippen MR) is 83.7 cm³/mol. The molecule has 0 saturated carbocycles. The van der Waals surface area contributed by atoms with E-state index in [4.69, 9.17) is 16.3 Å². The molecule has 1 aliphatic rings. The Bertz CT molecular complexity index is 612. The lowest BCUT2D eigenvalue weighted by atomic mass is 9.99. The van der Waals surface area contributed by atoms with Gasteiger partial charge in [-0.3, -0.25) is 0 Å². The molecular weight excluding hydrogens is 270 g/mol. The van der Waals surface area contributed by atoms with Crippen molar-refractivity contribution in [3.8, 4) is 5.75 Å². The third-order valence-corrected chi connectivity index (χ3v) is 3.90. The zero-order valence-electron chi connectivity index (χ0n) is 11.5. The fraction of sp³-hybridized carbons (Fsp3) is 0.294. The minimum absolute atomic E-state index is 0.269. The molecule has 2 aromatic rings. The maximum atomic E-state index is 6.06. The predicted octanol–water partition coefficient (Wildman–Crippen LogP) is 4.97. The van der Waals surface area contributed by atoms with Gasteiger partial charge in [-0.05, 0) is 43.5 Å². The van der Waals surface area contributed by atoms with Crippen LogP contribution in [0, 0.1) is 6.92 Å². The lowest BCUT2D eigenvalue weighted by molar-refractivity contribution is 0.314. The van der Waals surface area contributed by atoms with Gasteiger partial charge in [-0.2, -0.15) is 0 Å². The number of para-hydroxylation sites is 1. The zero-order chi connectivity index (χ0) is 13.9. The second-order valence-electron chi connectivity index (χ2n) is 5.19. The lowest BCUT2D eigenvalue weighted by Gasteiger charge is -2.20. The molecule has 2 aromatic carbocycles. The van der Waals surface area contributed by atoms with Gasteiger partial charge >= 0.3 is 0 Å². The van der Waals surface area contributed by atoms with Crippen molar-refractivity contribution in [2.24, 2.45) is 0 Å². The molecule has 0 radical (unpaired) electrons. The van der Waals surface area contributed by atoms with Crippen molar-refractivity contribution in [3.63, 3.8) is 0 Å². The first-order valence-electron chi connectivity index (χ1n) is 6.98. The molecule has 1 atom stereocenters. The van der Waals surface area contributed by atoms with Gasteiger partial charge in [-0.25, -0.2) is 0 Å². The van der Waals surface area contributed by atoms with E-state index in [0.29, 0.717) is 0 Å². The van der Waals surface area contributed by atoms with Crippen molar-refractivity contribution in [1.82, 2.24) is 0 Å². The monoisotopic (exact) mass is 287 g/mol. The van der Waals surface area contributed by atoms with Crippen LogP contribution in [-0.2, 0) is 0 Å². The molecule has 0 spiro atoms. The standard InChI is InChI=1S/C17H18ClNO/c1-12-5-2-8-15-16(9-4-10-20-17(12)15)19-14-7-3-6-13(18)11-14/h2-3,5-8,11,16,19H,4,9-10H2,1H3. The van der Waals surface area contributed by atoms with Crippen molar-refractivity contribution >= 4 is 17.3 Å². The highest BCUT2D eigenvalue weighted by atomic mass is 35.5. The molecule has 104 valence electrons. The molecule has 3 rings (SSSR count). The molecule has 1 aliphatic heterocycles. The Labute approximate surface area is 124 Å². The van der Waals surface area contributed by atoms with Crippen molar-refractivity contribution in [2.75, 3.05) is 11.9 Å². The Balaban J connectivity index is 1.92. The number of hydrogen-bond acceptors (Lipinski definition) is 2. The van der Waals surface area contributed by atoms with E-state index in [1.54, 1.807) is 0 Å². The summed E-state index contributed by atoms with van der Waals surface area (Å²) < 4.78 is 5.90. The summed E-state index contributed by atoms with van der Waals surface area (Å²) in [4.78, 5) is 0. The summed E-state index contributed by atoms with van der Waals surface area (Å²) in [7, 11) is 0. The summed E-state index contributed by atoms with van der Waals surface area (Å²) >= 11 is 6.06. The largest absolute Gasteiger partial charge is 0.493 e. The van der Waals surface area contributed by atoms with E-state index in [9.17, 15) is 0 Å². The summed E-state index contributed by atoms with van der Waals surface area (Å²) in [6.07, 6.45) is 2.11. The number of halogens is 1. The van der Waals surface area contributed by atoms with Gasteiger partial charge in [0.25, 0.3) is 0 Å². The first-order valence-corrected chi connectivity index (χ1v) is 7.36. The maximum Gasteiger partial charge on any atom is 0.127 e. The molecule has 20 heavy (non-hydrogen) atoms. The first kappa shape index (κ1) is 13.3. The van der Waals surface area contributed by atoms with Gasteiger partial charge in [0.2, 0.25) is 0 Å². The van der Waals surface area contributed by atoms with Gasteiger partial charge < -0.3 is 10.1 Å². The molecule has 0 fully saturated rings. The van der Waals surface area contributed by atoms with Crippen LogP contribution in [0.5, 0.6) is 5.75 Å². The Morgan fingerprint density at radius 1 is 1.20 bits per heavy atom. The Morgan fingerprint density at radius 2 is 2.05 bits per heavy atom. The molecule has 1 unspecified atom stereocenters. The topological polar surface area (TPSA) is 21.3 Å². The summed E-state index contributed by atoms with van der Waals surface area (Å²) in [5.74, 6) is 1.03. The van der Waals surface area contributed by atoms with Crippen molar-refractivity contribution < 1.29 is 4.74 Å². The quantitative estimate of drug-likeness (QED) is 0.841. The van der Waals surface area contributed by atoms with Crippen LogP contribution in [0.1, 0.15) is 30.0 Å². The molecule has 1 heterocycles. The van der Waals surface area contributed by atoms with E-state index >= 15 is 0 Å². The van der Waals surface area contributed by atoms with E-state index in [2.05, 4.69) is 30.4 Å². The van der Waals surface area contributed by atoms with Crippen LogP contribution in [0.4, 0.5) is 5.69 Å². The molecular formula is C17H18ClNO. The molecule has 0 amide bonds. The number of fused-ring (bicyclic) bond motifs is 1. The first-order chi connectivity index (χ1) is 9.74. The number of aryl methyl sites for hydroxylation is 1. The summed E-state index contributed by atoms with van der Waals surface area (Å²) in [6.45, 7) is 2.88. The number of benzene rings is 2. The maximum absolute atomic E-state index is 6.06. The molecule has 0 bridgehead atoms. The van der Waals surface area contributed by atoms with Crippen LogP contribution in [0.3, 0.4) is 0 Å². The summed E-state index contributed by atoms with van der Waals surface area (Å²) in [5.41, 5.74) is 3.49. The van der Waals surface area contributed by atoms with Gasteiger partial charge in [0.1, 0.15) is 5.75 Å². The average Bonchev–Trinajstić information content (AvgIpc) is 2.63. The highest BCUT2D eigenvalue weighted by Crippen LogP contribution is 2.36. The smallest absolute Gasteiger partial charge is 0.127 e. The number of hydrogen-bond donors (Lipinski definition) is 1. The second kappa shape index (κ2) is 5.76. The average molecular weight is 288 g/mol. The van der Waals surface area contributed by atoms with Crippen LogP contribution < -0.4 is 10.1 Å². The van der Waals surface area contributed by atoms with Crippen LogP contribution in [-0.4, -0.2) is 6.61 Å². The fourth-order valence-corrected chi connectivity index (χ4v) is 2.88. The molecule has 1 N–H and O–H groups in total. The van der Waals surface area contributed by atoms with E-state index in [1.807, 2.05) is 24.3 Å². The van der Waals surface area contributed by atoms with Crippen LogP contribution in [0.2, 0.25) is 5.02 Å². The van der Waals surface area contributed by atoms with Gasteiger partial charge in [0, 0.05) is 16.3 Å². The van der Waals surface area contributed by atoms with Gasteiger partial charge in [-0.15, -0.1) is 0 Å². The van der Waals surface area contributed by atoms with E-state index in [0.717, 1.165) is 35.9 Å². The van der Waals surface area contributed by atoms with Crippen molar-refractivity contribution in [2.45, 2.75) is 25.8 Å². The summed E-state index contributed by atoms with van der Waals surface area (Å²) in [6, 6.07) is 14.5. The van der Waals surface area contributed by atoms with Gasteiger partial charge in [0.15, 0.2) is 0 Å². The molecule has 3 heteroatoms. The molecule has 0 saturated heterocycles. The fourth-order valence-electron chi connectivity index (χ4n) is 2.69. The number of ether oxygens (including phenoxy) is 1. The van der Waals surface area contributed by atoms with Gasteiger partial charge in [0.05, 0.1) is 12.6 Å². The van der Waals surface area contributed by atoms with Crippen molar-refractivity contribution in [3.05, 3.63) is 58.6 Å². The Hall–Kier alpha value is -1.67.